The fourth-order valence-corrected chi connectivity index (χ4v) is 1.72. The van der Waals surface area contributed by atoms with Crippen LogP contribution in [0.3, 0.4) is 0 Å². The van der Waals surface area contributed by atoms with E-state index in [0.717, 1.165) is 11.1 Å². The van der Waals surface area contributed by atoms with Crippen molar-refractivity contribution in [3.63, 3.8) is 0 Å². The van der Waals surface area contributed by atoms with Crippen LogP contribution in [0.5, 0.6) is 0 Å². The molecule has 0 fully saturated rings. The number of esters is 1. The second kappa shape index (κ2) is 4.45. The predicted molar refractivity (Wildman–Crippen MR) is 55.9 cm³/mol. The van der Waals surface area contributed by atoms with E-state index in [-0.39, 0.29) is 6.61 Å². The molecule has 16 heavy (non-hydrogen) atoms. The highest BCUT2D eigenvalue weighted by Crippen LogP contribution is 2.23. The zero-order valence-electron chi connectivity index (χ0n) is 8.99. The topological polar surface area (TPSA) is 52.6 Å². The maximum absolute atomic E-state index is 11.8. The minimum absolute atomic E-state index is 0.204. The Hall–Kier alpha value is -1.68. The molecule has 1 heterocycles. The van der Waals surface area contributed by atoms with Gasteiger partial charge in [0.05, 0.1) is 19.8 Å². The Morgan fingerprint density at radius 1 is 1.38 bits per heavy atom. The number of ether oxygens (including phenoxy) is 2. The summed E-state index contributed by atoms with van der Waals surface area (Å²) in [6.07, 6.45) is 0. The van der Waals surface area contributed by atoms with Gasteiger partial charge in [-0.25, -0.2) is 4.79 Å². The molecule has 0 saturated heterocycles. The molecule has 1 aliphatic rings. The molecule has 0 radical (unpaired) electrons. The van der Waals surface area contributed by atoms with Crippen molar-refractivity contribution in [3.8, 4) is 0 Å². The van der Waals surface area contributed by atoms with E-state index in [2.05, 4.69) is 4.74 Å². The molecule has 1 aromatic carbocycles. The summed E-state index contributed by atoms with van der Waals surface area (Å²) >= 11 is 0. The Bertz CT molecular complexity index is 437. The van der Waals surface area contributed by atoms with Gasteiger partial charge >= 0.3 is 5.97 Å². The van der Waals surface area contributed by atoms with Gasteiger partial charge in [0.2, 0.25) is 0 Å². The van der Waals surface area contributed by atoms with E-state index in [1.165, 1.54) is 0 Å². The number of fused-ring (bicyclic) bond motifs is 1. The minimum atomic E-state index is -0.803. The summed E-state index contributed by atoms with van der Waals surface area (Å²) in [7, 11) is 0. The maximum atomic E-state index is 11.8. The van der Waals surface area contributed by atoms with Gasteiger partial charge in [0.1, 0.15) is 0 Å². The van der Waals surface area contributed by atoms with Crippen LogP contribution >= 0.6 is 0 Å². The molecule has 0 atom stereocenters. The van der Waals surface area contributed by atoms with Gasteiger partial charge in [-0.3, -0.25) is 4.79 Å². The summed E-state index contributed by atoms with van der Waals surface area (Å²) in [5.74, 6) is -1.40. The quantitative estimate of drug-likeness (QED) is 0.439. The average Bonchev–Trinajstić information content (AvgIpc) is 2.76. The number of hydrogen-bond donors (Lipinski definition) is 0. The minimum Gasteiger partial charge on any atom is -0.460 e. The first-order chi connectivity index (χ1) is 7.74. The second-order valence-corrected chi connectivity index (χ2v) is 3.49. The number of Topliss-reactive ketones (excluding diaryl/α,β-unsaturated/α-hetero) is 1. The molecule has 4 heteroatoms. The van der Waals surface area contributed by atoms with E-state index in [1.54, 1.807) is 19.1 Å². The van der Waals surface area contributed by atoms with Gasteiger partial charge in [-0.2, -0.15) is 0 Å². The zero-order valence-corrected chi connectivity index (χ0v) is 8.99. The van der Waals surface area contributed by atoms with Crippen LogP contribution in [0.2, 0.25) is 0 Å². The van der Waals surface area contributed by atoms with E-state index in [4.69, 9.17) is 4.74 Å². The Morgan fingerprint density at radius 3 is 2.94 bits per heavy atom. The molecule has 0 unspecified atom stereocenters. The number of ketones is 1. The van der Waals surface area contributed by atoms with E-state index < -0.39 is 11.8 Å². The molecule has 84 valence electrons. The van der Waals surface area contributed by atoms with Crippen LogP contribution in [-0.2, 0) is 27.5 Å². The van der Waals surface area contributed by atoms with Crippen LogP contribution < -0.4 is 0 Å². The summed E-state index contributed by atoms with van der Waals surface area (Å²) in [6, 6.07) is 5.27. The van der Waals surface area contributed by atoms with Crippen LogP contribution in [0.25, 0.3) is 0 Å². The predicted octanol–water partition coefficient (Wildman–Crippen LogP) is 1.46. The van der Waals surface area contributed by atoms with Crippen LogP contribution in [0, 0.1) is 0 Å². The van der Waals surface area contributed by atoms with Crippen LogP contribution in [0.1, 0.15) is 28.4 Å². The fourth-order valence-electron chi connectivity index (χ4n) is 1.72. The van der Waals surface area contributed by atoms with Crippen LogP contribution in [-0.4, -0.2) is 18.4 Å². The second-order valence-electron chi connectivity index (χ2n) is 3.49. The largest absolute Gasteiger partial charge is 0.460 e. The molecule has 0 N–H and O–H groups in total. The summed E-state index contributed by atoms with van der Waals surface area (Å²) in [5.41, 5.74) is 2.17. The van der Waals surface area contributed by atoms with Crippen LogP contribution in [0.4, 0.5) is 0 Å². The van der Waals surface area contributed by atoms with Gasteiger partial charge in [-0.1, -0.05) is 18.2 Å². The molecule has 1 aromatic rings. The molecule has 4 nitrogen and oxygen atoms in total. The lowest BCUT2D eigenvalue weighted by Crippen LogP contribution is -2.19. The number of benzene rings is 1. The van der Waals surface area contributed by atoms with Crippen molar-refractivity contribution in [2.75, 3.05) is 6.61 Å². The summed E-state index contributed by atoms with van der Waals surface area (Å²) < 4.78 is 9.93. The molecule has 2 rings (SSSR count). The van der Waals surface area contributed by atoms with Crippen molar-refractivity contribution < 1.29 is 19.1 Å². The Labute approximate surface area is 93.2 Å². The number of carbonyl (C=O) groups is 2. The lowest BCUT2D eigenvalue weighted by molar-refractivity contribution is -0.137. The van der Waals surface area contributed by atoms with Crippen molar-refractivity contribution in [3.05, 3.63) is 34.9 Å². The highest BCUT2D eigenvalue weighted by atomic mass is 16.5. The third-order valence-corrected chi connectivity index (χ3v) is 2.48. The lowest BCUT2D eigenvalue weighted by atomic mass is 10.0. The number of rotatable bonds is 3. The fraction of sp³-hybridized carbons (Fsp3) is 0.333. The van der Waals surface area contributed by atoms with Crippen molar-refractivity contribution in [1.29, 1.82) is 0 Å². The first kappa shape index (κ1) is 10.8. The molecule has 0 amide bonds. The van der Waals surface area contributed by atoms with Gasteiger partial charge in [0, 0.05) is 5.56 Å². The van der Waals surface area contributed by atoms with E-state index in [0.29, 0.717) is 18.8 Å². The highest BCUT2D eigenvalue weighted by Gasteiger charge is 2.24. The van der Waals surface area contributed by atoms with Crippen molar-refractivity contribution in [1.82, 2.24) is 0 Å². The number of carbonyl (C=O) groups excluding carboxylic acids is 2. The van der Waals surface area contributed by atoms with Crippen molar-refractivity contribution in [2.45, 2.75) is 20.1 Å². The molecule has 0 aliphatic carbocycles. The third kappa shape index (κ3) is 1.84. The molecule has 0 saturated carbocycles. The number of hydrogen-bond acceptors (Lipinski definition) is 4. The first-order valence-electron chi connectivity index (χ1n) is 5.14. The zero-order chi connectivity index (χ0) is 11.5. The Morgan fingerprint density at radius 2 is 2.19 bits per heavy atom. The van der Waals surface area contributed by atoms with E-state index >= 15 is 0 Å². The van der Waals surface area contributed by atoms with Gasteiger partial charge in [-0.05, 0) is 18.1 Å². The molecule has 0 spiro atoms. The van der Waals surface area contributed by atoms with Crippen molar-refractivity contribution >= 4 is 11.8 Å². The average molecular weight is 220 g/mol. The summed E-state index contributed by atoms with van der Waals surface area (Å²) in [5, 5.41) is 0. The molecular weight excluding hydrogens is 208 g/mol. The normalized spacial score (nSPS) is 13.3. The van der Waals surface area contributed by atoms with Crippen molar-refractivity contribution in [2.24, 2.45) is 0 Å². The van der Waals surface area contributed by atoms with E-state index in [9.17, 15) is 9.59 Å². The standard InChI is InChI=1S/C12H12O4/c1-2-16-12(14)11(13)9-5-3-4-8-6-15-7-10(8)9/h3-5H,2,6-7H2,1H3. The molecule has 1 aliphatic heterocycles. The SMILES string of the molecule is CCOC(=O)C(=O)c1cccc2c1COC2. The van der Waals surface area contributed by atoms with Gasteiger partial charge < -0.3 is 9.47 Å². The first-order valence-corrected chi connectivity index (χ1v) is 5.14. The summed E-state index contributed by atoms with van der Waals surface area (Å²) in [4.78, 5) is 23.1. The monoisotopic (exact) mass is 220 g/mol. The summed E-state index contributed by atoms with van der Waals surface area (Å²) in [6.45, 7) is 2.76. The van der Waals surface area contributed by atoms with E-state index in [1.807, 2.05) is 6.07 Å². The lowest BCUT2D eigenvalue weighted by Gasteiger charge is -2.05. The van der Waals surface area contributed by atoms with Gasteiger partial charge in [0.15, 0.2) is 0 Å². The highest BCUT2D eigenvalue weighted by molar-refractivity contribution is 6.41. The molecular formula is C12H12O4. The maximum Gasteiger partial charge on any atom is 0.379 e. The Kier molecular flexibility index (Phi) is 3.01. The third-order valence-electron chi connectivity index (χ3n) is 2.48. The molecule has 0 bridgehead atoms. The Balaban J connectivity index is 2.31. The van der Waals surface area contributed by atoms with Gasteiger partial charge in [-0.15, -0.1) is 0 Å². The van der Waals surface area contributed by atoms with Crippen LogP contribution in [0.15, 0.2) is 18.2 Å². The van der Waals surface area contributed by atoms with Gasteiger partial charge in [0.25, 0.3) is 5.78 Å². The molecule has 0 aromatic heterocycles. The smallest absolute Gasteiger partial charge is 0.379 e.